The van der Waals surface area contributed by atoms with Crippen LogP contribution >= 0.6 is 0 Å². The number of carboxylic acids is 1. The first-order chi connectivity index (χ1) is 10.6. The van der Waals surface area contributed by atoms with Gasteiger partial charge in [-0.2, -0.15) is 5.26 Å². The van der Waals surface area contributed by atoms with Gasteiger partial charge in [0.15, 0.2) is 0 Å². The zero-order valence-corrected chi connectivity index (χ0v) is 13.6. The molecule has 120 valence electrons. The normalized spacial score (nSPS) is 11.7. The second kappa shape index (κ2) is 9.83. The molecule has 0 aliphatic carbocycles. The van der Waals surface area contributed by atoms with Crippen molar-refractivity contribution in [2.24, 2.45) is 5.92 Å². The Labute approximate surface area is 133 Å². The van der Waals surface area contributed by atoms with E-state index in [1.807, 2.05) is 18.2 Å². The average Bonchev–Trinajstić information content (AvgIpc) is 2.53. The van der Waals surface area contributed by atoms with Gasteiger partial charge < -0.3 is 10.0 Å². The molecule has 0 amide bonds. The average molecular weight is 302 g/mol. The molecule has 0 aliphatic rings. The summed E-state index contributed by atoms with van der Waals surface area (Å²) in [6, 6.07) is 9.54. The molecule has 0 saturated heterocycles. The van der Waals surface area contributed by atoms with E-state index in [-0.39, 0.29) is 0 Å². The summed E-state index contributed by atoms with van der Waals surface area (Å²) >= 11 is 0. The summed E-state index contributed by atoms with van der Waals surface area (Å²) in [5.41, 5.74) is 1.54. The molecule has 1 unspecified atom stereocenters. The van der Waals surface area contributed by atoms with E-state index in [4.69, 9.17) is 10.4 Å². The lowest BCUT2D eigenvalue weighted by Crippen LogP contribution is -2.32. The van der Waals surface area contributed by atoms with Crippen molar-refractivity contribution in [3.05, 3.63) is 29.8 Å². The SMILES string of the molecule is CCCCCCCN(CC(C)C(=O)O)c1cccc(C#N)c1. The van der Waals surface area contributed by atoms with E-state index in [2.05, 4.69) is 17.9 Å². The first-order valence-electron chi connectivity index (χ1n) is 8.06. The monoisotopic (exact) mass is 302 g/mol. The fourth-order valence-electron chi connectivity index (χ4n) is 2.41. The Hall–Kier alpha value is -2.02. The lowest BCUT2D eigenvalue weighted by atomic mass is 10.1. The van der Waals surface area contributed by atoms with Crippen molar-refractivity contribution < 1.29 is 9.90 Å². The largest absolute Gasteiger partial charge is 0.481 e. The summed E-state index contributed by atoms with van der Waals surface area (Å²) < 4.78 is 0. The second-order valence-corrected chi connectivity index (χ2v) is 5.76. The van der Waals surface area contributed by atoms with Crippen molar-refractivity contribution >= 4 is 11.7 Å². The van der Waals surface area contributed by atoms with Gasteiger partial charge in [0.25, 0.3) is 0 Å². The van der Waals surface area contributed by atoms with Crippen LogP contribution in [0.1, 0.15) is 51.5 Å². The number of hydrogen-bond donors (Lipinski definition) is 1. The van der Waals surface area contributed by atoms with Crippen LogP contribution in [0.3, 0.4) is 0 Å². The quantitative estimate of drug-likeness (QED) is 0.662. The third-order valence-electron chi connectivity index (χ3n) is 3.79. The highest BCUT2D eigenvalue weighted by atomic mass is 16.4. The maximum Gasteiger partial charge on any atom is 0.308 e. The highest BCUT2D eigenvalue weighted by Gasteiger charge is 2.16. The number of hydrogen-bond acceptors (Lipinski definition) is 3. The van der Waals surface area contributed by atoms with E-state index < -0.39 is 11.9 Å². The van der Waals surface area contributed by atoms with Crippen molar-refractivity contribution in [1.82, 2.24) is 0 Å². The van der Waals surface area contributed by atoms with Crippen LogP contribution in [-0.4, -0.2) is 24.2 Å². The Morgan fingerprint density at radius 3 is 2.68 bits per heavy atom. The molecule has 4 heteroatoms. The van der Waals surface area contributed by atoms with Gasteiger partial charge in [-0.25, -0.2) is 0 Å². The molecule has 0 aliphatic heterocycles. The number of nitrogens with zero attached hydrogens (tertiary/aromatic N) is 2. The zero-order valence-electron chi connectivity index (χ0n) is 13.6. The highest BCUT2D eigenvalue weighted by Crippen LogP contribution is 2.19. The summed E-state index contributed by atoms with van der Waals surface area (Å²) in [5, 5.41) is 18.2. The zero-order chi connectivity index (χ0) is 16.4. The predicted molar refractivity (Wildman–Crippen MR) is 88.9 cm³/mol. The van der Waals surface area contributed by atoms with E-state index >= 15 is 0 Å². The van der Waals surface area contributed by atoms with Gasteiger partial charge in [0.05, 0.1) is 17.6 Å². The van der Waals surface area contributed by atoms with Crippen molar-refractivity contribution in [3.8, 4) is 6.07 Å². The Morgan fingerprint density at radius 1 is 1.32 bits per heavy atom. The molecule has 22 heavy (non-hydrogen) atoms. The summed E-state index contributed by atoms with van der Waals surface area (Å²) in [5.74, 6) is -1.21. The molecule has 0 fully saturated rings. The minimum atomic E-state index is -0.785. The number of carboxylic acid groups (broad SMARTS) is 1. The van der Waals surface area contributed by atoms with Crippen LogP contribution in [0.25, 0.3) is 0 Å². The van der Waals surface area contributed by atoms with Crippen molar-refractivity contribution in [3.63, 3.8) is 0 Å². The molecule has 0 saturated carbocycles. The number of rotatable bonds is 10. The van der Waals surface area contributed by atoms with Crippen LogP contribution in [0, 0.1) is 17.2 Å². The van der Waals surface area contributed by atoms with Gasteiger partial charge in [-0.1, -0.05) is 45.6 Å². The first-order valence-corrected chi connectivity index (χ1v) is 8.06. The smallest absolute Gasteiger partial charge is 0.308 e. The lowest BCUT2D eigenvalue weighted by Gasteiger charge is -2.27. The molecule has 1 N–H and O–H groups in total. The summed E-state index contributed by atoms with van der Waals surface area (Å²) in [4.78, 5) is 13.2. The van der Waals surface area contributed by atoms with Crippen LogP contribution in [0.15, 0.2) is 24.3 Å². The minimum Gasteiger partial charge on any atom is -0.481 e. The van der Waals surface area contributed by atoms with Crippen LogP contribution in [0.4, 0.5) is 5.69 Å². The van der Waals surface area contributed by atoms with Gasteiger partial charge in [-0.05, 0) is 24.6 Å². The molecule has 1 aromatic rings. The van der Waals surface area contributed by atoms with Crippen LogP contribution < -0.4 is 4.90 Å². The number of aliphatic carboxylic acids is 1. The number of unbranched alkanes of at least 4 members (excludes halogenated alkanes) is 4. The third kappa shape index (κ3) is 6.17. The Kier molecular flexibility index (Phi) is 8.06. The predicted octanol–water partition coefficient (Wildman–Crippen LogP) is 4.06. The van der Waals surface area contributed by atoms with E-state index in [0.29, 0.717) is 12.1 Å². The molecule has 1 rings (SSSR count). The molecule has 0 aromatic heterocycles. The Balaban J connectivity index is 2.72. The standard InChI is InChI=1S/C18H26N2O2/c1-3-4-5-6-7-11-20(14-15(2)18(21)22)17-10-8-9-16(12-17)13-19/h8-10,12,15H,3-7,11,14H2,1-2H3,(H,21,22). The molecule has 1 aromatic carbocycles. The van der Waals surface area contributed by atoms with Crippen molar-refractivity contribution in [1.29, 1.82) is 5.26 Å². The Morgan fingerprint density at radius 2 is 2.05 bits per heavy atom. The molecule has 4 nitrogen and oxygen atoms in total. The summed E-state index contributed by atoms with van der Waals surface area (Å²) in [6.07, 6.45) is 5.88. The fraction of sp³-hybridized carbons (Fsp3) is 0.556. The van der Waals surface area contributed by atoms with Gasteiger partial charge in [0.1, 0.15) is 0 Å². The van der Waals surface area contributed by atoms with Crippen molar-refractivity contribution in [2.45, 2.75) is 46.0 Å². The van der Waals surface area contributed by atoms with Gasteiger partial charge >= 0.3 is 5.97 Å². The topological polar surface area (TPSA) is 64.3 Å². The number of anilines is 1. The van der Waals surface area contributed by atoms with Crippen LogP contribution in [0.5, 0.6) is 0 Å². The highest BCUT2D eigenvalue weighted by molar-refractivity contribution is 5.70. The van der Waals surface area contributed by atoms with Crippen LogP contribution in [-0.2, 0) is 4.79 Å². The van der Waals surface area contributed by atoms with Crippen molar-refractivity contribution in [2.75, 3.05) is 18.0 Å². The molecular formula is C18H26N2O2. The molecule has 0 spiro atoms. The summed E-state index contributed by atoms with van der Waals surface area (Å²) in [6.45, 7) is 5.21. The lowest BCUT2D eigenvalue weighted by molar-refractivity contribution is -0.140. The third-order valence-corrected chi connectivity index (χ3v) is 3.79. The van der Waals surface area contributed by atoms with E-state index in [0.717, 1.165) is 25.1 Å². The van der Waals surface area contributed by atoms with Gasteiger partial charge in [-0.15, -0.1) is 0 Å². The molecule has 0 heterocycles. The fourth-order valence-corrected chi connectivity index (χ4v) is 2.41. The first kappa shape index (κ1) is 18.0. The Bertz CT molecular complexity index is 508. The molecular weight excluding hydrogens is 276 g/mol. The molecule has 0 radical (unpaired) electrons. The van der Waals surface area contributed by atoms with E-state index in [1.54, 1.807) is 13.0 Å². The minimum absolute atomic E-state index is 0.429. The maximum absolute atomic E-state index is 11.1. The molecule has 0 bridgehead atoms. The number of benzene rings is 1. The maximum atomic E-state index is 11.1. The second-order valence-electron chi connectivity index (χ2n) is 5.76. The van der Waals surface area contributed by atoms with E-state index in [9.17, 15) is 4.79 Å². The number of nitriles is 1. The summed E-state index contributed by atoms with van der Waals surface area (Å²) in [7, 11) is 0. The van der Waals surface area contributed by atoms with Gasteiger partial charge in [-0.3, -0.25) is 4.79 Å². The van der Waals surface area contributed by atoms with E-state index in [1.165, 1.54) is 19.3 Å². The molecule has 1 atom stereocenters. The van der Waals surface area contributed by atoms with Gasteiger partial charge in [0.2, 0.25) is 0 Å². The van der Waals surface area contributed by atoms with Crippen LogP contribution in [0.2, 0.25) is 0 Å². The van der Waals surface area contributed by atoms with Gasteiger partial charge in [0, 0.05) is 18.8 Å². The number of carbonyl (C=O) groups is 1.